The summed E-state index contributed by atoms with van der Waals surface area (Å²) in [5.74, 6) is -1.52. The van der Waals surface area contributed by atoms with Gasteiger partial charge in [0.25, 0.3) is 5.91 Å². The number of carbonyl (C=O) groups is 3. The molecule has 11 heteroatoms. The number of benzene rings is 2. The van der Waals surface area contributed by atoms with E-state index in [0.29, 0.717) is 50.1 Å². The number of nitrogens with zero attached hydrogens (tertiary/aromatic N) is 2. The number of ether oxygens (including phenoxy) is 2. The van der Waals surface area contributed by atoms with Gasteiger partial charge in [0.1, 0.15) is 18.5 Å². The van der Waals surface area contributed by atoms with Crippen LogP contribution in [0.1, 0.15) is 40.7 Å². The molecule has 2 atom stereocenters. The van der Waals surface area contributed by atoms with Crippen LogP contribution in [0.15, 0.2) is 54.6 Å². The molecular weight excluding hydrogens is 603 g/mol. The van der Waals surface area contributed by atoms with Crippen molar-refractivity contribution in [1.82, 2.24) is 9.80 Å². The van der Waals surface area contributed by atoms with Crippen LogP contribution in [0.3, 0.4) is 0 Å². The summed E-state index contributed by atoms with van der Waals surface area (Å²) in [7, 11) is 0. The number of nitrogens with one attached hydrogen (secondary N) is 1. The maximum absolute atomic E-state index is 13.6. The van der Waals surface area contributed by atoms with Gasteiger partial charge < -0.3 is 30.1 Å². The number of hydrogen-bond donors (Lipinski definition) is 3. The van der Waals surface area contributed by atoms with Crippen LogP contribution >= 0.6 is 24.0 Å². The number of halogens is 1. The lowest BCUT2D eigenvalue weighted by molar-refractivity contribution is -0.147. The van der Waals surface area contributed by atoms with Crippen LogP contribution in [0.25, 0.3) is 0 Å². The molecule has 0 aromatic heterocycles. The highest BCUT2D eigenvalue weighted by Crippen LogP contribution is 2.27. The van der Waals surface area contributed by atoms with Crippen molar-refractivity contribution in [2.24, 2.45) is 5.73 Å². The Morgan fingerprint density at radius 2 is 1.58 bits per heavy atom. The molecule has 2 aromatic rings. The van der Waals surface area contributed by atoms with Gasteiger partial charge in [-0.3, -0.25) is 15.0 Å². The fourth-order valence-electron chi connectivity index (χ4n) is 4.77. The molecule has 2 aromatic carbocycles. The molecule has 38 heavy (non-hydrogen) atoms. The molecule has 0 spiro atoms. The third-order valence-electron chi connectivity index (χ3n) is 6.78. The average molecular weight is 636 g/mol. The lowest BCUT2D eigenvalue weighted by Crippen LogP contribution is -2.50. The van der Waals surface area contributed by atoms with E-state index in [0.717, 1.165) is 5.56 Å². The quantitative estimate of drug-likeness (QED) is 0.218. The summed E-state index contributed by atoms with van der Waals surface area (Å²) in [5, 5.41) is 16.4. The minimum Gasteiger partial charge on any atom is -0.480 e. The molecule has 0 unspecified atom stereocenters. The number of aliphatic carboxylic acids is 1. The highest BCUT2D eigenvalue weighted by molar-refractivity contribution is 14.0. The number of likely N-dealkylation sites (tertiary alicyclic amines) is 2. The van der Waals surface area contributed by atoms with E-state index in [4.69, 9.17) is 25.7 Å². The molecule has 0 radical (unpaired) electrons. The van der Waals surface area contributed by atoms with Gasteiger partial charge in [0, 0.05) is 37.2 Å². The molecule has 0 aliphatic carbocycles. The molecule has 2 aliphatic heterocycles. The Hall–Kier alpha value is -3.03. The van der Waals surface area contributed by atoms with E-state index in [1.807, 2.05) is 30.3 Å². The molecule has 2 fully saturated rings. The van der Waals surface area contributed by atoms with Gasteiger partial charge in [0.2, 0.25) is 5.91 Å². The first-order chi connectivity index (χ1) is 17.8. The van der Waals surface area contributed by atoms with Crippen LogP contribution in [0.2, 0.25) is 0 Å². The smallest absolute Gasteiger partial charge is 0.329 e. The van der Waals surface area contributed by atoms with Crippen LogP contribution in [0, 0.1) is 5.41 Å². The fourth-order valence-corrected chi connectivity index (χ4v) is 4.77. The predicted octanol–water partition coefficient (Wildman–Crippen LogP) is 2.48. The van der Waals surface area contributed by atoms with Crippen LogP contribution < -0.4 is 5.73 Å². The SMILES string of the molecule is I.N=C(N)c1ccc(C(=O)N2C[C@H](OCc3ccccc3)C[C@@H]2C(=O)N2CCC(OCC(=O)O)CC2)cc1. The molecule has 0 saturated carbocycles. The minimum atomic E-state index is -1.02. The first-order valence-corrected chi connectivity index (χ1v) is 12.3. The number of hydrogen-bond acceptors (Lipinski definition) is 6. The van der Waals surface area contributed by atoms with Gasteiger partial charge in [-0.15, -0.1) is 24.0 Å². The van der Waals surface area contributed by atoms with E-state index in [1.165, 1.54) is 0 Å². The molecular formula is C27H33IN4O6. The molecule has 4 N–H and O–H groups in total. The van der Waals surface area contributed by atoms with Crippen LogP contribution in [-0.4, -0.2) is 83.0 Å². The Morgan fingerprint density at radius 1 is 0.947 bits per heavy atom. The van der Waals surface area contributed by atoms with Crippen molar-refractivity contribution in [3.63, 3.8) is 0 Å². The van der Waals surface area contributed by atoms with Gasteiger partial charge >= 0.3 is 5.97 Å². The van der Waals surface area contributed by atoms with Gasteiger partial charge in [-0.05, 0) is 30.5 Å². The zero-order valence-electron chi connectivity index (χ0n) is 21.0. The number of nitrogens with two attached hydrogens (primary N) is 1. The Kier molecular flexibility index (Phi) is 10.6. The molecule has 2 saturated heterocycles. The van der Waals surface area contributed by atoms with E-state index in [1.54, 1.807) is 34.1 Å². The molecule has 2 amide bonds. The number of carboxylic acids is 1. The maximum atomic E-state index is 13.6. The number of nitrogen functional groups attached to an aromatic ring is 1. The number of carbonyl (C=O) groups excluding carboxylic acids is 2. The second-order valence-electron chi connectivity index (χ2n) is 9.35. The summed E-state index contributed by atoms with van der Waals surface area (Å²) < 4.78 is 11.5. The highest BCUT2D eigenvalue weighted by atomic mass is 127. The van der Waals surface area contributed by atoms with E-state index in [9.17, 15) is 14.4 Å². The third-order valence-corrected chi connectivity index (χ3v) is 6.78. The lowest BCUT2D eigenvalue weighted by atomic mass is 10.0. The highest BCUT2D eigenvalue weighted by Gasteiger charge is 2.42. The zero-order chi connectivity index (χ0) is 26.4. The number of piperidine rings is 1. The van der Waals surface area contributed by atoms with Crippen molar-refractivity contribution in [2.75, 3.05) is 26.2 Å². The summed E-state index contributed by atoms with van der Waals surface area (Å²) in [6.07, 6.45) is 0.966. The van der Waals surface area contributed by atoms with E-state index in [2.05, 4.69) is 0 Å². The normalized spacial score (nSPS) is 19.6. The van der Waals surface area contributed by atoms with Crippen LogP contribution in [0.4, 0.5) is 0 Å². The first-order valence-electron chi connectivity index (χ1n) is 12.3. The molecule has 204 valence electrons. The summed E-state index contributed by atoms with van der Waals surface area (Å²) in [4.78, 5) is 41.1. The van der Waals surface area contributed by atoms with Gasteiger partial charge in [0.15, 0.2) is 0 Å². The van der Waals surface area contributed by atoms with Crippen molar-refractivity contribution >= 4 is 47.6 Å². The second-order valence-corrected chi connectivity index (χ2v) is 9.35. The van der Waals surface area contributed by atoms with E-state index in [-0.39, 0.29) is 67.0 Å². The topological polar surface area (TPSA) is 146 Å². The van der Waals surface area contributed by atoms with Crippen molar-refractivity contribution in [1.29, 1.82) is 5.41 Å². The second kappa shape index (κ2) is 13.7. The van der Waals surface area contributed by atoms with Crippen molar-refractivity contribution in [3.05, 3.63) is 71.3 Å². The zero-order valence-corrected chi connectivity index (χ0v) is 23.3. The van der Waals surface area contributed by atoms with Crippen LogP contribution in [0.5, 0.6) is 0 Å². The van der Waals surface area contributed by atoms with Gasteiger partial charge in [-0.25, -0.2) is 4.79 Å². The molecule has 4 rings (SSSR count). The van der Waals surface area contributed by atoms with Gasteiger partial charge in [-0.2, -0.15) is 0 Å². The summed E-state index contributed by atoms with van der Waals surface area (Å²) in [6, 6.07) is 15.5. The maximum Gasteiger partial charge on any atom is 0.329 e. The number of carboxylic acid groups (broad SMARTS) is 1. The van der Waals surface area contributed by atoms with E-state index < -0.39 is 12.0 Å². The summed E-state index contributed by atoms with van der Waals surface area (Å²) in [6.45, 7) is 1.18. The third kappa shape index (κ3) is 7.51. The average Bonchev–Trinajstić information content (AvgIpc) is 3.35. The molecule has 2 heterocycles. The minimum absolute atomic E-state index is 0. The Bertz CT molecular complexity index is 1120. The summed E-state index contributed by atoms with van der Waals surface area (Å²) >= 11 is 0. The van der Waals surface area contributed by atoms with Gasteiger partial charge in [-0.1, -0.05) is 42.5 Å². The van der Waals surface area contributed by atoms with Crippen molar-refractivity contribution in [2.45, 2.75) is 44.1 Å². The standard InChI is InChI=1S/C27H32N4O6.HI/c28-25(29)19-6-8-20(9-7-19)26(34)31-15-22(36-16-18-4-2-1-3-5-18)14-23(31)27(35)30-12-10-21(11-13-30)37-17-24(32)33;/h1-9,21-23H,10-17H2,(H3,28,29)(H,32,33);1H/t22-,23-;/m1./s1. The monoisotopic (exact) mass is 636 g/mol. The van der Waals surface area contributed by atoms with Crippen molar-refractivity contribution in [3.8, 4) is 0 Å². The van der Waals surface area contributed by atoms with Crippen LogP contribution in [-0.2, 0) is 25.7 Å². The molecule has 10 nitrogen and oxygen atoms in total. The fraction of sp³-hybridized carbons (Fsp3) is 0.407. The molecule has 2 aliphatic rings. The Balaban J connectivity index is 0.00000400. The Labute approximate surface area is 238 Å². The van der Waals surface area contributed by atoms with Crippen molar-refractivity contribution < 1.29 is 29.0 Å². The number of rotatable bonds is 9. The lowest BCUT2D eigenvalue weighted by Gasteiger charge is -2.35. The number of amides is 2. The predicted molar refractivity (Wildman–Crippen MR) is 151 cm³/mol. The van der Waals surface area contributed by atoms with E-state index >= 15 is 0 Å². The number of amidine groups is 1. The molecule has 0 bridgehead atoms. The van der Waals surface area contributed by atoms with Gasteiger partial charge in [0.05, 0.1) is 18.8 Å². The largest absolute Gasteiger partial charge is 0.480 e. The Morgan fingerprint density at radius 3 is 2.18 bits per heavy atom. The summed E-state index contributed by atoms with van der Waals surface area (Å²) in [5.41, 5.74) is 7.47. The first kappa shape index (κ1) is 29.5.